The Hall–Kier alpha value is -0.610. The fourth-order valence-electron chi connectivity index (χ4n) is 2.92. The number of ether oxygens (including phenoxy) is 1. The molecule has 0 saturated heterocycles. The number of aliphatic hydroxyl groups excluding tert-OH is 1. The van der Waals surface area contributed by atoms with Crippen LogP contribution in [0.4, 0.5) is 0 Å². The standard InChI is InChI=1S/C21H43NO3/c1-2-3-4-5-9-12-15-20-25-21(24)16-13-10-7-6-8-11-14-17-22-18-19-23/h22-23H,2-20H2,1H3. The van der Waals surface area contributed by atoms with Gasteiger partial charge in [0.05, 0.1) is 13.2 Å². The third kappa shape index (κ3) is 21.3. The lowest BCUT2D eigenvalue weighted by Gasteiger charge is -2.05. The van der Waals surface area contributed by atoms with Gasteiger partial charge in [-0.25, -0.2) is 0 Å². The molecule has 0 heterocycles. The van der Waals surface area contributed by atoms with Crippen LogP contribution >= 0.6 is 0 Å². The van der Waals surface area contributed by atoms with Crippen LogP contribution in [0.2, 0.25) is 0 Å². The van der Waals surface area contributed by atoms with Gasteiger partial charge in [-0.1, -0.05) is 77.6 Å². The van der Waals surface area contributed by atoms with Crippen molar-refractivity contribution in [2.45, 2.75) is 103 Å². The first-order chi connectivity index (χ1) is 12.3. The molecule has 0 bridgehead atoms. The summed E-state index contributed by atoms with van der Waals surface area (Å²) in [5.74, 6) is -0.0130. The predicted octanol–water partition coefficient (Wildman–Crippen LogP) is 4.98. The second-order valence-electron chi connectivity index (χ2n) is 7.04. The van der Waals surface area contributed by atoms with Gasteiger partial charge in [-0.2, -0.15) is 0 Å². The van der Waals surface area contributed by atoms with Gasteiger partial charge in [0.25, 0.3) is 0 Å². The summed E-state index contributed by atoms with van der Waals surface area (Å²) in [5.41, 5.74) is 0. The van der Waals surface area contributed by atoms with E-state index in [-0.39, 0.29) is 12.6 Å². The third-order valence-electron chi connectivity index (χ3n) is 4.53. The van der Waals surface area contributed by atoms with Crippen molar-refractivity contribution in [3.8, 4) is 0 Å². The lowest BCUT2D eigenvalue weighted by atomic mass is 10.1. The number of carbonyl (C=O) groups is 1. The minimum atomic E-state index is -0.0130. The van der Waals surface area contributed by atoms with Crippen LogP contribution in [0, 0.1) is 0 Å². The maximum atomic E-state index is 11.6. The summed E-state index contributed by atoms with van der Waals surface area (Å²) in [4.78, 5) is 11.6. The molecule has 0 atom stereocenters. The second kappa shape index (κ2) is 21.4. The van der Waals surface area contributed by atoms with Crippen molar-refractivity contribution in [1.29, 1.82) is 0 Å². The van der Waals surface area contributed by atoms with Crippen molar-refractivity contribution >= 4 is 5.97 Å². The SMILES string of the molecule is CCCCCCCCCOC(=O)CCCCCCCCCNCCO. The van der Waals surface area contributed by atoms with Gasteiger partial charge < -0.3 is 15.2 Å². The minimum Gasteiger partial charge on any atom is -0.466 e. The Morgan fingerprint density at radius 3 is 1.96 bits per heavy atom. The molecule has 0 fully saturated rings. The summed E-state index contributed by atoms with van der Waals surface area (Å²) < 4.78 is 5.30. The fraction of sp³-hybridized carbons (Fsp3) is 0.952. The summed E-state index contributed by atoms with van der Waals surface area (Å²) in [5, 5.41) is 11.8. The Kier molecular flexibility index (Phi) is 20.9. The molecule has 0 spiro atoms. The van der Waals surface area contributed by atoms with Crippen LogP contribution in [-0.2, 0) is 9.53 Å². The second-order valence-corrected chi connectivity index (χ2v) is 7.04. The Morgan fingerprint density at radius 2 is 1.32 bits per heavy atom. The lowest BCUT2D eigenvalue weighted by Crippen LogP contribution is -2.19. The van der Waals surface area contributed by atoms with E-state index in [2.05, 4.69) is 12.2 Å². The van der Waals surface area contributed by atoms with Crippen LogP contribution in [0.15, 0.2) is 0 Å². The molecule has 0 rings (SSSR count). The highest BCUT2D eigenvalue weighted by molar-refractivity contribution is 5.69. The van der Waals surface area contributed by atoms with E-state index >= 15 is 0 Å². The molecule has 0 radical (unpaired) electrons. The number of esters is 1. The summed E-state index contributed by atoms with van der Waals surface area (Å²) in [6.45, 7) is 4.78. The van der Waals surface area contributed by atoms with Gasteiger partial charge in [-0.15, -0.1) is 0 Å². The fourth-order valence-corrected chi connectivity index (χ4v) is 2.92. The van der Waals surface area contributed by atoms with E-state index < -0.39 is 0 Å². The van der Waals surface area contributed by atoms with Crippen molar-refractivity contribution in [1.82, 2.24) is 5.32 Å². The van der Waals surface area contributed by atoms with Gasteiger partial charge in [-0.3, -0.25) is 4.79 Å². The van der Waals surface area contributed by atoms with Gasteiger partial charge in [0.1, 0.15) is 0 Å². The van der Waals surface area contributed by atoms with Gasteiger partial charge in [0.15, 0.2) is 0 Å². The highest BCUT2D eigenvalue weighted by atomic mass is 16.5. The first-order valence-electron chi connectivity index (χ1n) is 10.8. The molecular weight excluding hydrogens is 314 g/mol. The number of aliphatic hydroxyl groups is 1. The van der Waals surface area contributed by atoms with Crippen molar-refractivity contribution in [3.05, 3.63) is 0 Å². The van der Waals surface area contributed by atoms with Gasteiger partial charge >= 0.3 is 5.97 Å². The molecule has 0 aliphatic carbocycles. The van der Waals surface area contributed by atoms with E-state index in [1.165, 1.54) is 70.6 Å². The topological polar surface area (TPSA) is 58.6 Å². The van der Waals surface area contributed by atoms with E-state index in [0.29, 0.717) is 19.6 Å². The average molecular weight is 358 g/mol. The predicted molar refractivity (Wildman–Crippen MR) is 106 cm³/mol. The average Bonchev–Trinajstić information content (AvgIpc) is 2.62. The summed E-state index contributed by atoms with van der Waals surface area (Å²) in [7, 11) is 0. The highest BCUT2D eigenvalue weighted by Crippen LogP contribution is 2.10. The molecule has 4 heteroatoms. The smallest absolute Gasteiger partial charge is 0.305 e. The first kappa shape index (κ1) is 24.4. The molecule has 25 heavy (non-hydrogen) atoms. The number of rotatable bonds is 20. The largest absolute Gasteiger partial charge is 0.466 e. The summed E-state index contributed by atoms with van der Waals surface area (Å²) in [6.07, 6.45) is 17.6. The molecule has 0 unspecified atom stereocenters. The van der Waals surface area contributed by atoms with Gasteiger partial charge in [0, 0.05) is 13.0 Å². The van der Waals surface area contributed by atoms with Crippen LogP contribution in [0.1, 0.15) is 103 Å². The van der Waals surface area contributed by atoms with E-state index in [4.69, 9.17) is 9.84 Å². The minimum absolute atomic E-state index is 0.0130. The molecule has 2 N–H and O–H groups in total. The Morgan fingerprint density at radius 1 is 0.760 bits per heavy atom. The van der Waals surface area contributed by atoms with E-state index in [1.807, 2.05) is 0 Å². The number of carbonyl (C=O) groups excluding carboxylic acids is 1. The maximum absolute atomic E-state index is 11.6. The Balaban J connectivity index is 3.13. The molecule has 0 aliphatic heterocycles. The zero-order valence-corrected chi connectivity index (χ0v) is 16.7. The van der Waals surface area contributed by atoms with Crippen LogP contribution < -0.4 is 5.32 Å². The summed E-state index contributed by atoms with van der Waals surface area (Å²) >= 11 is 0. The van der Waals surface area contributed by atoms with Crippen LogP contribution in [-0.4, -0.2) is 37.4 Å². The van der Waals surface area contributed by atoms with Gasteiger partial charge in [-0.05, 0) is 25.8 Å². The highest BCUT2D eigenvalue weighted by Gasteiger charge is 2.02. The van der Waals surface area contributed by atoms with Crippen molar-refractivity contribution in [2.75, 3.05) is 26.3 Å². The van der Waals surface area contributed by atoms with E-state index in [0.717, 1.165) is 25.8 Å². The zero-order chi connectivity index (χ0) is 18.4. The van der Waals surface area contributed by atoms with Crippen molar-refractivity contribution in [2.24, 2.45) is 0 Å². The first-order valence-corrected chi connectivity index (χ1v) is 10.8. The molecule has 150 valence electrons. The van der Waals surface area contributed by atoms with Gasteiger partial charge in [0.2, 0.25) is 0 Å². The Bertz CT molecular complexity index is 272. The van der Waals surface area contributed by atoms with Crippen LogP contribution in [0.3, 0.4) is 0 Å². The normalized spacial score (nSPS) is 11.0. The van der Waals surface area contributed by atoms with Crippen LogP contribution in [0.5, 0.6) is 0 Å². The van der Waals surface area contributed by atoms with Crippen LogP contribution in [0.25, 0.3) is 0 Å². The molecule has 0 amide bonds. The Labute approximate surface area is 156 Å². The molecule has 0 aromatic rings. The quantitative estimate of drug-likeness (QED) is 0.238. The van der Waals surface area contributed by atoms with E-state index in [9.17, 15) is 4.79 Å². The van der Waals surface area contributed by atoms with Crippen molar-refractivity contribution < 1.29 is 14.6 Å². The number of unbranched alkanes of at least 4 members (excludes halogenated alkanes) is 12. The summed E-state index contributed by atoms with van der Waals surface area (Å²) in [6, 6.07) is 0. The zero-order valence-electron chi connectivity index (χ0n) is 16.7. The van der Waals surface area contributed by atoms with Crippen molar-refractivity contribution in [3.63, 3.8) is 0 Å². The third-order valence-corrected chi connectivity index (χ3v) is 4.53. The number of hydrogen-bond donors (Lipinski definition) is 2. The lowest BCUT2D eigenvalue weighted by molar-refractivity contribution is -0.143. The molecular formula is C21H43NO3. The molecule has 0 aromatic carbocycles. The number of nitrogens with one attached hydrogen (secondary N) is 1. The molecule has 0 saturated carbocycles. The monoisotopic (exact) mass is 357 g/mol. The molecule has 0 aromatic heterocycles. The molecule has 0 aliphatic rings. The number of hydrogen-bond acceptors (Lipinski definition) is 4. The molecule has 4 nitrogen and oxygen atoms in total. The van der Waals surface area contributed by atoms with E-state index in [1.54, 1.807) is 0 Å². The maximum Gasteiger partial charge on any atom is 0.305 e.